The molecule has 0 saturated heterocycles. The minimum Gasteiger partial charge on any atom is -0.545 e. The van der Waals surface area contributed by atoms with Gasteiger partial charge in [-0.3, -0.25) is 4.90 Å². The topological polar surface area (TPSA) is 43.4 Å². The minimum absolute atomic E-state index is 0.0648. The average molecular weight is 294 g/mol. The van der Waals surface area contributed by atoms with Gasteiger partial charge in [-0.1, -0.05) is 52.0 Å². The predicted molar refractivity (Wildman–Crippen MR) is 85.9 cm³/mol. The van der Waals surface area contributed by atoms with Gasteiger partial charge in [0.15, 0.2) is 0 Å². The van der Waals surface area contributed by atoms with Crippen LogP contribution in [-0.4, -0.2) is 29.5 Å². The van der Waals surface area contributed by atoms with Crippen LogP contribution in [-0.2, 0) is 4.79 Å². The van der Waals surface area contributed by atoms with E-state index in [4.69, 9.17) is 0 Å². The lowest BCUT2D eigenvalue weighted by Crippen LogP contribution is -2.44. The van der Waals surface area contributed by atoms with Gasteiger partial charge in [0, 0.05) is 12.1 Å². The summed E-state index contributed by atoms with van der Waals surface area (Å²) in [4.78, 5) is 12.3. The van der Waals surface area contributed by atoms with Crippen molar-refractivity contribution in [3.05, 3.63) is 12.2 Å². The van der Waals surface area contributed by atoms with Gasteiger partial charge in [-0.25, -0.2) is 0 Å². The average Bonchev–Trinajstić information content (AvgIpc) is 2.51. The van der Waals surface area contributed by atoms with E-state index in [9.17, 15) is 9.90 Å². The molecule has 2 rings (SSSR count). The van der Waals surface area contributed by atoms with Gasteiger partial charge in [0.1, 0.15) is 0 Å². The molecule has 0 bridgehead atoms. The lowest BCUT2D eigenvalue weighted by atomic mass is 9.89. The lowest BCUT2D eigenvalue weighted by molar-refractivity contribution is -0.299. The van der Waals surface area contributed by atoms with Crippen molar-refractivity contribution in [1.29, 1.82) is 0 Å². The molecular weight excluding hydrogens is 262 g/mol. The van der Waals surface area contributed by atoms with Crippen LogP contribution in [0.4, 0.5) is 0 Å². The van der Waals surface area contributed by atoms with E-state index in [1.165, 1.54) is 77.7 Å². The summed E-state index contributed by atoms with van der Waals surface area (Å²) in [6.07, 6.45) is 14.8. The van der Waals surface area contributed by atoms with Gasteiger partial charge in [0.2, 0.25) is 0 Å². The Morgan fingerprint density at radius 1 is 1.00 bits per heavy atom. The first-order valence-corrected chi connectivity index (χ1v) is 8.68. The Labute approximate surface area is 130 Å². The molecular formula is C18H32NO2-. The molecule has 2 aliphatic carbocycles. The molecule has 0 radical (unpaired) electrons. The second-order valence-electron chi connectivity index (χ2n) is 6.48. The fraction of sp³-hybridized carbons (Fsp3) is 0.833. The molecule has 0 aromatic heterocycles. The van der Waals surface area contributed by atoms with Crippen molar-refractivity contribution in [2.75, 3.05) is 6.54 Å². The highest BCUT2D eigenvalue weighted by Gasteiger charge is 2.27. The van der Waals surface area contributed by atoms with Crippen LogP contribution in [0.25, 0.3) is 0 Å². The first-order valence-electron chi connectivity index (χ1n) is 8.68. The van der Waals surface area contributed by atoms with Crippen LogP contribution >= 0.6 is 0 Å². The van der Waals surface area contributed by atoms with Crippen molar-refractivity contribution < 1.29 is 9.90 Å². The zero-order valence-corrected chi connectivity index (χ0v) is 13.9. The molecule has 3 nitrogen and oxygen atoms in total. The Morgan fingerprint density at radius 3 is 1.57 bits per heavy atom. The summed E-state index contributed by atoms with van der Waals surface area (Å²) in [5.41, 5.74) is 0.0648. The molecule has 0 heterocycles. The zero-order chi connectivity index (χ0) is 15.7. The highest BCUT2D eigenvalue weighted by molar-refractivity contribution is 5.82. The molecule has 2 aliphatic rings. The van der Waals surface area contributed by atoms with E-state index in [1.54, 1.807) is 0 Å². The first kappa shape index (κ1) is 18.2. The number of carboxylic acids is 1. The van der Waals surface area contributed by atoms with Gasteiger partial charge in [-0.2, -0.15) is 0 Å². The quantitative estimate of drug-likeness (QED) is 0.747. The third kappa shape index (κ3) is 6.64. The standard InChI is InChI=1S/C14H27N.C4H6O2/c1-2-15(13-9-5-3-6-10-13)14-11-7-4-8-12-14;1-3(2)4(5)6/h13-14H,2-12H2,1H3;1H2,2H3,(H,5,6)/p-1. The minimum atomic E-state index is -1.19. The van der Waals surface area contributed by atoms with Crippen LogP contribution in [0.2, 0.25) is 0 Å². The van der Waals surface area contributed by atoms with Crippen LogP contribution in [0.1, 0.15) is 78.1 Å². The van der Waals surface area contributed by atoms with Crippen LogP contribution in [0.3, 0.4) is 0 Å². The molecule has 122 valence electrons. The van der Waals surface area contributed by atoms with Crippen LogP contribution < -0.4 is 5.11 Å². The highest BCUT2D eigenvalue weighted by atomic mass is 16.4. The number of aliphatic carboxylic acids is 1. The largest absolute Gasteiger partial charge is 0.545 e. The van der Waals surface area contributed by atoms with Crippen molar-refractivity contribution in [2.45, 2.75) is 90.1 Å². The van der Waals surface area contributed by atoms with E-state index in [0.717, 1.165) is 12.1 Å². The van der Waals surface area contributed by atoms with Crippen molar-refractivity contribution >= 4 is 5.97 Å². The summed E-state index contributed by atoms with van der Waals surface area (Å²) < 4.78 is 0. The summed E-state index contributed by atoms with van der Waals surface area (Å²) in [6.45, 7) is 8.13. The summed E-state index contributed by atoms with van der Waals surface area (Å²) in [5, 5.41) is 9.49. The normalized spacial score (nSPS) is 20.7. The molecule has 2 fully saturated rings. The number of hydrogen-bond acceptors (Lipinski definition) is 3. The summed E-state index contributed by atoms with van der Waals surface area (Å²) in [7, 11) is 0. The van der Waals surface area contributed by atoms with Crippen molar-refractivity contribution in [2.24, 2.45) is 0 Å². The molecule has 0 aromatic carbocycles. The van der Waals surface area contributed by atoms with Gasteiger partial charge in [-0.15, -0.1) is 0 Å². The van der Waals surface area contributed by atoms with Gasteiger partial charge in [0.05, 0.1) is 5.97 Å². The highest BCUT2D eigenvalue weighted by Crippen LogP contribution is 2.29. The number of carboxylic acid groups (broad SMARTS) is 1. The van der Waals surface area contributed by atoms with Crippen LogP contribution in [0.5, 0.6) is 0 Å². The molecule has 0 amide bonds. The summed E-state index contributed by atoms with van der Waals surface area (Å²) >= 11 is 0. The van der Waals surface area contributed by atoms with E-state index in [1.807, 2.05) is 0 Å². The monoisotopic (exact) mass is 294 g/mol. The second kappa shape index (κ2) is 9.99. The molecule has 21 heavy (non-hydrogen) atoms. The third-order valence-corrected chi connectivity index (χ3v) is 4.80. The molecule has 0 aromatic rings. The molecule has 0 N–H and O–H groups in total. The number of carbonyl (C=O) groups is 1. The second-order valence-corrected chi connectivity index (χ2v) is 6.48. The van der Waals surface area contributed by atoms with Crippen LogP contribution in [0, 0.1) is 0 Å². The van der Waals surface area contributed by atoms with Gasteiger partial charge in [-0.05, 0) is 44.7 Å². The Bertz CT molecular complexity index is 285. The lowest BCUT2D eigenvalue weighted by Gasteiger charge is -2.41. The zero-order valence-electron chi connectivity index (χ0n) is 13.9. The molecule has 0 atom stereocenters. The van der Waals surface area contributed by atoms with Gasteiger partial charge >= 0.3 is 0 Å². The van der Waals surface area contributed by atoms with Crippen molar-refractivity contribution in [3.8, 4) is 0 Å². The Hall–Kier alpha value is -0.830. The Kier molecular flexibility index (Phi) is 8.67. The Balaban J connectivity index is 0.000000315. The maximum Gasteiger partial charge on any atom is 0.0666 e. The van der Waals surface area contributed by atoms with E-state index in [0.29, 0.717) is 0 Å². The molecule has 0 aliphatic heterocycles. The number of hydrogen-bond donors (Lipinski definition) is 0. The number of rotatable bonds is 4. The molecule has 3 heteroatoms. The first-order chi connectivity index (χ1) is 10.1. The third-order valence-electron chi connectivity index (χ3n) is 4.80. The SMILES string of the molecule is C=C(C)C(=O)[O-].CCN(C1CCCCC1)C1CCCCC1. The van der Waals surface area contributed by atoms with E-state index < -0.39 is 5.97 Å². The fourth-order valence-electron chi connectivity index (χ4n) is 3.64. The summed E-state index contributed by atoms with van der Waals surface area (Å²) in [5.74, 6) is -1.19. The number of carbonyl (C=O) groups excluding carboxylic acids is 1. The van der Waals surface area contributed by atoms with Crippen LogP contribution in [0.15, 0.2) is 12.2 Å². The molecule has 0 unspecified atom stereocenters. The number of nitrogens with zero attached hydrogens (tertiary/aromatic N) is 1. The summed E-state index contributed by atoms with van der Waals surface area (Å²) in [6, 6.07) is 1.87. The van der Waals surface area contributed by atoms with Crippen molar-refractivity contribution in [3.63, 3.8) is 0 Å². The maximum atomic E-state index is 9.49. The van der Waals surface area contributed by atoms with E-state index >= 15 is 0 Å². The van der Waals surface area contributed by atoms with E-state index in [2.05, 4.69) is 18.4 Å². The van der Waals surface area contributed by atoms with E-state index in [-0.39, 0.29) is 5.57 Å². The maximum absolute atomic E-state index is 9.49. The smallest absolute Gasteiger partial charge is 0.0666 e. The predicted octanol–water partition coefficient (Wildman–Crippen LogP) is 3.29. The van der Waals surface area contributed by atoms with Gasteiger partial charge < -0.3 is 9.90 Å². The Morgan fingerprint density at radius 2 is 1.33 bits per heavy atom. The molecule has 0 spiro atoms. The fourth-order valence-corrected chi connectivity index (χ4v) is 3.64. The van der Waals surface area contributed by atoms with Gasteiger partial charge in [0.25, 0.3) is 0 Å². The molecule has 2 saturated carbocycles. The van der Waals surface area contributed by atoms with Crippen molar-refractivity contribution in [1.82, 2.24) is 4.90 Å².